The van der Waals surface area contributed by atoms with Crippen LogP contribution in [0.25, 0.3) is 0 Å². The third kappa shape index (κ3) is 6.56. The lowest BCUT2D eigenvalue weighted by Gasteiger charge is -2.22. The van der Waals surface area contributed by atoms with Gasteiger partial charge in [0.2, 0.25) is 5.91 Å². The van der Waals surface area contributed by atoms with Gasteiger partial charge < -0.3 is 9.64 Å². The Bertz CT molecular complexity index is 619. The van der Waals surface area contributed by atoms with Gasteiger partial charge in [-0.25, -0.2) is 0 Å². The summed E-state index contributed by atoms with van der Waals surface area (Å²) in [6.45, 7) is 1.77. The van der Waals surface area contributed by atoms with Crippen LogP contribution >= 0.6 is 23.4 Å². The monoisotopic (exact) mass is 363 g/mol. The maximum Gasteiger partial charge on any atom is 0.223 e. The first kappa shape index (κ1) is 18.8. The van der Waals surface area contributed by atoms with E-state index in [1.807, 2.05) is 59.5 Å². The van der Waals surface area contributed by atoms with Crippen molar-refractivity contribution in [1.82, 2.24) is 4.90 Å². The molecule has 24 heavy (non-hydrogen) atoms. The Kier molecular flexibility index (Phi) is 8.16. The molecule has 0 aliphatic heterocycles. The summed E-state index contributed by atoms with van der Waals surface area (Å²) in [7, 11) is 1.65. The minimum Gasteiger partial charge on any atom is -0.383 e. The molecular weight excluding hydrogens is 342 g/mol. The smallest absolute Gasteiger partial charge is 0.223 e. The van der Waals surface area contributed by atoms with E-state index in [0.717, 1.165) is 21.2 Å². The van der Waals surface area contributed by atoms with Crippen LogP contribution in [0.15, 0.2) is 59.5 Å². The molecule has 0 bridgehead atoms. The number of benzene rings is 2. The third-order valence-corrected chi connectivity index (χ3v) is 4.80. The second-order valence-electron chi connectivity index (χ2n) is 5.35. The van der Waals surface area contributed by atoms with Crippen molar-refractivity contribution >= 4 is 29.3 Å². The summed E-state index contributed by atoms with van der Waals surface area (Å²) in [4.78, 5) is 15.5. The normalized spacial score (nSPS) is 10.6. The van der Waals surface area contributed by atoms with Gasteiger partial charge in [-0.15, -0.1) is 11.8 Å². The molecule has 2 aromatic carbocycles. The standard InChI is InChI=1S/C19H22ClNO2S/c1-23-13-12-21(15-16-5-3-2-4-6-16)19(22)11-14-24-18-9-7-17(20)8-10-18/h2-10H,11-15H2,1H3. The molecule has 2 rings (SSSR count). The van der Waals surface area contributed by atoms with Crippen molar-refractivity contribution in [2.75, 3.05) is 26.0 Å². The highest BCUT2D eigenvalue weighted by atomic mass is 35.5. The number of nitrogens with zero attached hydrogens (tertiary/aromatic N) is 1. The van der Waals surface area contributed by atoms with Crippen molar-refractivity contribution < 1.29 is 9.53 Å². The first-order valence-electron chi connectivity index (χ1n) is 7.88. The van der Waals surface area contributed by atoms with Crippen LogP contribution in [0.1, 0.15) is 12.0 Å². The van der Waals surface area contributed by atoms with Crippen molar-refractivity contribution in [3.8, 4) is 0 Å². The van der Waals surface area contributed by atoms with Crippen LogP contribution in [0.2, 0.25) is 5.02 Å². The fourth-order valence-corrected chi connectivity index (χ4v) is 3.21. The second-order valence-corrected chi connectivity index (χ2v) is 6.95. The van der Waals surface area contributed by atoms with Gasteiger partial charge in [-0.05, 0) is 29.8 Å². The molecule has 2 aromatic rings. The minimum absolute atomic E-state index is 0.150. The molecule has 0 unspecified atom stereocenters. The zero-order chi connectivity index (χ0) is 17.2. The van der Waals surface area contributed by atoms with Crippen molar-refractivity contribution in [2.45, 2.75) is 17.9 Å². The van der Waals surface area contributed by atoms with Crippen molar-refractivity contribution in [3.05, 3.63) is 65.2 Å². The molecule has 0 aromatic heterocycles. The summed E-state index contributed by atoms with van der Waals surface area (Å²) >= 11 is 7.55. The van der Waals surface area contributed by atoms with Gasteiger partial charge >= 0.3 is 0 Å². The fraction of sp³-hybridized carbons (Fsp3) is 0.316. The Morgan fingerprint density at radius 2 is 1.83 bits per heavy atom. The molecule has 3 nitrogen and oxygen atoms in total. The number of hydrogen-bond acceptors (Lipinski definition) is 3. The molecule has 1 amide bonds. The second kappa shape index (κ2) is 10.4. The van der Waals surface area contributed by atoms with E-state index in [0.29, 0.717) is 26.1 Å². The Morgan fingerprint density at radius 3 is 2.50 bits per heavy atom. The van der Waals surface area contributed by atoms with Gasteiger partial charge in [-0.1, -0.05) is 41.9 Å². The highest BCUT2D eigenvalue weighted by Gasteiger charge is 2.13. The van der Waals surface area contributed by atoms with Crippen LogP contribution in [0, 0.1) is 0 Å². The van der Waals surface area contributed by atoms with E-state index in [1.54, 1.807) is 18.9 Å². The van der Waals surface area contributed by atoms with Gasteiger partial charge in [0, 0.05) is 42.3 Å². The SMILES string of the molecule is COCCN(Cc1ccccc1)C(=O)CCSc1ccc(Cl)cc1. The van der Waals surface area contributed by atoms with Gasteiger partial charge in [-0.2, -0.15) is 0 Å². The molecule has 0 aliphatic carbocycles. The molecule has 0 spiro atoms. The van der Waals surface area contributed by atoms with Crippen LogP contribution in [0.4, 0.5) is 0 Å². The Balaban J connectivity index is 1.85. The van der Waals surface area contributed by atoms with E-state index in [4.69, 9.17) is 16.3 Å². The highest BCUT2D eigenvalue weighted by Crippen LogP contribution is 2.21. The van der Waals surface area contributed by atoms with E-state index in [-0.39, 0.29) is 5.91 Å². The average Bonchev–Trinajstić information content (AvgIpc) is 2.61. The molecule has 0 saturated carbocycles. The number of carbonyl (C=O) groups excluding carboxylic acids is 1. The number of rotatable bonds is 9. The van der Waals surface area contributed by atoms with Gasteiger partial charge in [0.1, 0.15) is 0 Å². The maximum atomic E-state index is 12.5. The van der Waals surface area contributed by atoms with Crippen LogP contribution in [0.5, 0.6) is 0 Å². The molecule has 0 radical (unpaired) electrons. The van der Waals surface area contributed by atoms with Crippen molar-refractivity contribution in [2.24, 2.45) is 0 Å². The van der Waals surface area contributed by atoms with Crippen LogP contribution in [-0.2, 0) is 16.1 Å². The molecule has 0 heterocycles. The molecule has 5 heteroatoms. The summed E-state index contributed by atoms with van der Waals surface area (Å²) in [6.07, 6.45) is 0.504. The Labute approximate surface area is 153 Å². The lowest BCUT2D eigenvalue weighted by atomic mass is 10.2. The number of carbonyl (C=O) groups is 1. The zero-order valence-corrected chi connectivity index (χ0v) is 15.4. The van der Waals surface area contributed by atoms with Crippen LogP contribution in [-0.4, -0.2) is 36.8 Å². The summed E-state index contributed by atoms with van der Waals surface area (Å²) in [5, 5.41) is 0.726. The first-order chi connectivity index (χ1) is 11.7. The number of halogens is 1. The number of hydrogen-bond donors (Lipinski definition) is 0. The number of ether oxygens (including phenoxy) is 1. The van der Waals surface area contributed by atoms with Gasteiger partial charge in [0.15, 0.2) is 0 Å². The fourth-order valence-electron chi connectivity index (χ4n) is 2.24. The molecule has 0 fully saturated rings. The van der Waals surface area contributed by atoms with Crippen molar-refractivity contribution in [1.29, 1.82) is 0 Å². The molecule has 128 valence electrons. The van der Waals surface area contributed by atoms with Gasteiger partial charge in [0.25, 0.3) is 0 Å². The minimum atomic E-state index is 0.150. The average molecular weight is 364 g/mol. The summed E-state index contributed by atoms with van der Waals surface area (Å²) in [5.41, 5.74) is 1.13. The molecule has 0 saturated heterocycles. The number of thioether (sulfide) groups is 1. The summed E-state index contributed by atoms with van der Waals surface area (Å²) < 4.78 is 5.13. The Morgan fingerprint density at radius 1 is 1.12 bits per heavy atom. The molecular formula is C19H22ClNO2S. The van der Waals surface area contributed by atoms with E-state index in [9.17, 15) is 4.79 Å². The highest BCUT2D eigenvalue weighted by molar-refractivity contribution is 7.99. The molecule has 0 N–H and O–H groups in total. The molecule has 0 aliphatic rings. The van der Waals surface area contributed by atoms with E-state index < -0.39 is 0 Å². The first-order valence-corrected chi connectivity index (χ1v) is 9.24. The van der Waals surface area contributed by atoms with Crippen LogP contribution in [0.3, 0.4) is 0 Å². The lowest BCUT2D eigenvalue weighted by Crippen LogP contribution is -2.33. The van der Waals surface area contributed by atoms with E-state index >= 15 is 0 Å². The molecule has 0 atom stereocenters. The van der Waals surface area contributed by atoms with E-state index in [2.05, 4.69) is 0 Å². The number of methoxy groups -OCH3 is 1. The predicted molar refractivity (Wildman–Crippen MR) is 101 cm³/mol. The summed E-state index contributed by atoms with van der Waals surface area (Å²) in [5.74, 6) is 0.899. The summed E-state index contributed by atoms with van der Waals surface area (Å²) in [6, 6.07) is 17.7. The van der Waals surface area contributed by atoms with Gasteiger partial charge in [0.05, 0.1) is 6.61 Å². The van der Waals surface area contributed by atoms with Gasteiger partial charge in [-0.3, -0.25) is 4.79 Å². The number of amides is 1. The van der Waals surface area contributed by atoms with Crippen LogP contribution < -0.4 is 0 Å². The quantitative estimate of drug-likeness (QED) is 0.614. The lowest BCUT2D eigenvalue weighted by molar-refractivity contribution is -0.132. The third-order valence-electron chi connectivity index (χ3n) is 3.53. The zero-order valence-electron chi connectivity index (χ0n) is 13.8. The predicted octanol–water partition coefficient (Wildman–Crippen LogP) is 4.50. The maximum absolute atomic E-state index is 12.5. The Hall–Kier alpha value is -1.49. The van der Waals surface area contributed by atoms with E-state index in [1.165, 1.54) is 0 Å². The van der Waals surface area contributed by atoms with Crippen molar-refractivity contribution in [3.63, 3.8) is 0 Å². The topological polar surface area (TPSA) is 29.5 Å². The largest absolute Gasteiger partial charge is 0.383 e.